The number of ether oxygens (including phenoxy) is 1. The first-order valence-corrected chi connectivity index (χ1v) is 7.23. The fraction of sp³-hybridized carbons (Fsp3) is 0.933. The maximum atomic E-state index is 8.99. The molecule has 17 heavy (non-hydrogen) atoms. The van der Waals surface area contributed by atoms with Crippen LogP contribution in [0.15, 0.2) is 0 Å². The molecule has 2 saturated carbocycles. The number of hydrogen-bond acceptors (Lipinski definition) is 2. The quantitative estimate of drug-likeness (QED) is 0.670. The van der Waals surface area contributed by atoms with Crippen LogP contribution in [-0.2, 0) is 4.74 Å². The van der Waals surface area contributed by atoms with Gasteiger partial charge in [-0.1, -0.05) is 33.1 Å². The fourth-order valence-electron chi connectivity index (χ4n) is 4.09. The Labute approximate surface area is 105 Å². The highest BCUT2D eigenvalue weighted by atomic mass is 16.5. The van der Waals surface area contributed by atoms with Crippen molar-refractivity contribution < 1.29 is 4.74 Å². The molecule has 2 fully saturated rings. The Morgan fingerprint density at radius 2 is 1.88 bits per heavy atom. The lowest BCUT2D eigenvalue weighted by atomic mass is 9.65. The normalized spacial score (nSPS) is 42.8. The average Bonchev–Trinajstić information content (AvgIpc) is 2.29. The second-order valence-electron chi connectivity index (χ2n) is 6.43. The van der Waals surface area contributed by atoms with Crippen LogP contribution < -0.4 is 0 Å². The van der Waals surface area contributed by atoms with Crippen molar-refractivity contribution in [1.29, 1.82) is 5.26 Å². The SMILES string of the molecule is CC1CCCC(C2(OC#N)CCCC(C)C2)C1. The molecule has 0 heterocycles. The lowest BCUT2D eigenvalue weighted by Gasteiger charge is -2.45. The molecule has 2 nitrogen and oxygen atoms in total. The first-order chi connectivity index (χ1) is 8.16. The minimum Gasteiger partial charge on any atom is -0.421 e. The van der Waals surface area contributed by atoms with Crippen molar-refractivity contribution in [2.75, 3.05) is 0 Å². The highest BCUT2D eigenvalue weighted by molar-refractivity contribution is 4.96. The molecule has 0 aromatic heterocycles. The molecule has 0 bridgehead atoms. The van der Waals surface area contributed by atoms with E-state index in [0.29, 0.717) is 11.8 Å². The highest BCUT2D eigenvalue weighted by Crippen LogP contribution is 2.46. The Kier molecular flexibility index (Phi) is 3.97. The van der Waals surface area contributed by atoms with Crippen LogP contribution in [0.2, 0.25) is 0 Å². The van der Waals surface area contributed by atoms with E-state index < -0.39 is 0 Å². The van der Waals surface area contributed by atoms with Gasteiger partial charge in [0.2, 0.25) is 0 Å². The molecule has 2 aliphatic rings. The monoisotopic (exact) mass is 235 g/mol. The summed E-state index contributed by atoms with van der Waals surface area (Å²) in [7, 11) is 0. The van der Waals surface area contributed by atoms with E-state index in [-0.39, 0.29) is 5.60 Å². The van der Waals surface area contributed by atoms with E-state index in [4.69, 9.17) is 10.00 Å². The van der Waals surface area contributed by atoms with Crippen LogP contribution in [0.25, 0.3) is 0 Å². The van der Waals surface area contributed by atoms with Crippen LogP contribution in [0.3, 0.4) is 0 Å². The van der Waals surface area contributed by atoms with E-state index in [1.807, 2.05) is 6.26 Å². The van der Waals surface area contributed by atoms with Crippen LogP contribution in [0.1, 0.15) is 65.2 Å². The third-order valence-corrected chi connectivity index (χ3v) is 4.92. The van der Waals surface area contributed by atoms with E-state index in [9.17, 15) is 0 Å². The molecule has 0 aliphatic heterocycles. The topological polar surface area (TPSA) is 33.0 Å². The smallest absolute Gasteiger partial charge is 0.286 e. The Morgan fingerprint density at radius 3 is 2.53 bits per heavy atom. The van der Waals surface area contributed by atoms with E-state index >= 15 is 0 Å². The molecule has 4 unspecified atom stereocenters. The van der Waals surface area contributed by atoms with Gasteiger partial charge in [-0.15, -0.1) is 0 Å². The molecule has 0 spiro atoms. The van der Waals surface area contributed by atoms with Gasteiger partial charge >= 0.3 is 0 Å². The number of rotatable bonds is 2. The zero-order chi connectivity index (χ0) is 12.3. The van der Waals surface area contributed by atoms with Gasteiger partial charge < -0.3 is 4.74 Å². The van der Waals surface area contributed by atoms with Gasteiger partial charge in [0, 0.05) is 5.92 Å². The van der Waals surface area contributed by atoms with Gasteiger partial charge in [0.15, 0.2) is 0 Å². The summed E-state index contributed by atoms with van der Waals surface area (Å²) >= 11 is 0. The minimum absolute atomic E-state index is 0.110. The molecule has 2 heteroatoms. The molecule has 96 valence electrons. The molecule has 0 N–H and O–H groups in total. The molecule has 4 atom stereocenters. The Hall–Kier alpha value is -0.710. The maximum absolute atomic E-state index is 8.99. The van der Waals surface area contributed by atoms with E-state index in [1.54, 1.807) is 0 Å². The van der Waals surface area contributed by atoms with Gasteiger partial charge in [0.25, 0.3) is 6.26 Å². The summed E-state index contributed by atoms with van der Waals surface area (Å²) in [6.45, 7) is 4.65. The van der Waals surface area contributed by atoms with Crippen LogP contribution >= 0.6 is 0 Å². The Bertz CT molecular complexity index is 296. The lowest BCUT2D eigenvalue weighted by molar-refractivity contribution is -0.0800. The van der Waals surface area contributed by atoms with Gasteiger partial charge in [-0.2, -0.15) is 5.26 Å². The summed E-state index contributed by atoms with van der Waals surface area (Å²) in [5.41, 5.74) is -0.110. The molecule has 0 aromatic carbocycles. The third kappa shape index (κ3) is 2.76. The van der Waals surface area contributed by atoms with E-state index in [2.05, 4.69) is 13.8 Å². The van der Waals surface area contributed by atoms with Crippen molar-refractivity contribution >= 4 is 0 Å². The van der Waals surface area contributed by atoms with Gasteiger partial charge in [-0.05, 0) is 43.9 Å². The number of nitrogens with zero attached hydrogens (tertiary/aromatic N) is 1. The highest BCUT2D eigenvalue weighted by Gasteiger charge is 2.45. The zero-order valence-electron chi connectivity index (χ0n) is 11.2. The van der Waals surface area contributed by atoms with Gasteiger partial charge in [0.1, 0.15) is 5.60 Å². The lowest BCUT2D eigenvalue weighted by Crippen LogP contribution is -2.45. The minimum atomic E-state index is -0.110. The molecule has 0 amide bonds. The first-order valence-electron chi connectivity index (χ1n) is 7.23. The molecule has 0 radical (unpaired) electrons. The molecular weight excluding hydrogens is 210 g/mol. The molecule has 0 aromatic rings. The molecule has 0 saturated heterocycles. The predicted molar refractivity (Wildman–Crippen MR) is 68.2 cm³/mol. The average molecular weight is 235 g/mol. The summed E-state index contributed by atoms with van der Waals surface area (Å²) in [6.07, 6.45) is 11.9. The summed E-state index contributed by atoms with van der Waals surface area (Å²) in [4.78, 5) is 0. The van der Waals surface area contributed by atoms with Gasteiger partial charge in [-0.25, -0.2) is 0 Å². The standard InChI is InChI=1S/C15H25NO/c1-12-5-3-7-14(9-12)15(17-11-16)8-4-6-13(2)10-15/h12-14H,3-10H2,1-2H3. The van der Waals surface area contributed by atoms with E-state index in [1.165, 1.54) is 38.5 Å². The van der Waals surface area contributed by atoms with Gasteiger partial charge in [0.05, 0.1) is 0 Å². The number of hydrogen-bond donors (Lipinski definition) is 0. The third-order valence-electron chi connectivity index (χ3n) is 4.92. The van der Waals surface area contributed by atoms with Crippen molar-refractivity contribution in [1.82, 2.24) is 0 Å². The van der Waals surface area contributed by atoms with Crippen molar-refractivity contribution in [2.45, 2.75) is 70.8 Å². The molecule has 2 rings (SSSR count). The van der Waals surface area contributed by atoms with Gasteiger partial charge in [-0.3, -0.25) is 0 Å². The summed E-state index contributed by atoms with van der Waals surface area (Å²) in [5.74, 6) is 2.15. The fourth-order valence-corrected chi connectivity index (χ4v) is 4.09. The van der Waals surface area contributed by atoms with Crippen LogP contribution in [0.5, 0.6) is 0 Å². The maximum Gasteiger partial charge on any atom is 0.286 e. The Morgan fingerprint density at radius 1 is 1.12 bits per heavy atom. The van der Waals surface area contributed by atoms with Crippen LogP contribution in [0.4, 0.5) is 0 Å². The van der Waals surface area contributed by atoms with Crippen LogP contribution in [-0.4, -0.2) is 5.60 Å². The Balaban J connectivity index is 2.12. The largest absolute Gasteiger partial charge is 0.421 e. The summed E-state index contributed by atoms with van der Waals surface area (Å²) in [6, 6.07) is 0. The van der Waals surface area contributed by atoms with Crippen molar-refractivity contribution in [3.63, 3.8) is 0 Å². The van der Waals surface area contributed by atoms with E-state index in [0.717, 1.165) is 18.8 Å². The van der Waals surface area contributed by atoms with Crippen LogP contribution in [0, 0.1) is 29.3 Å². The molecule has 2 aliphatic carbocycles. The summed E-state index contributed by atoms with van der Waals surface area (Å²) in [5, 5.41) is 8.99. The van der Waals surface area contributed by atoms with Crippen molar-refractivity contribution in [2.24, 2.45) is 17.8 Å². The zero-order valence-corrected chi connectivity index (χ0v) is 11.2. The second kappa shape index (κ2) is 5.29. The summed E-state index contributed by atoms with van der Waals surface area (Å²) < 4.78 is 5.63. The predicted octanol–water partition coefficient (Wildman–Crippen LogP) is 4.26. The second-order valence-corrected chi connectivity index (χ2v) is 6.43. The molecular formula is C15H25NO. The van der Waals surface area contributed by atoms with Crippen molar-refractivity contribution in [3.8, 4) is 6.26 Å². The van der Waals surface area contributed by atoms with Crippen molar-refractivity contribution in [3.05, 3.63) is 0 Å². The number of nitriles is 1. The first kappa shape index (κ1) is 12.7.